The second-order valence-corrected chi connectivity index (χ2v) is 2.79. The van der Waals surface area contributed by atoms with Crippen LogP contribution in [-0.4, -0.2) is 46.0 Å². The summed E-state index contributed by atoms with van der Waals surface area (Å²) in [7, 11) is 0. The van der Waals surface area contributed by atoms with Crippen LogP contribution in [0.3, 0.4) is 0 Å². The Morgan fingerprint density at radius 2 is 1.73 bits per heavy atom. The van der Waals surface area contributed by atoms with Gasteiger partial charge in [-0.25, -0.2) is 0 Å². The van der Waals surface area contributed by atoms with Crippen LogP contribution in [0.5, 0.6) is 0 Å². The fourth-order valence-electron chi connectivity index (χ4n) is 1.07. The van der Waals surface area contributed by atoms with Crippen molar-refractivity contribution in [1.29, 1.82) is 0 Å². The van der Waals surface area contributed by atoms with Gasteiger partial charge in [-0.3, -0.25) is 0 Å². The number of ether oxygens (including phenoxy) is 1. The summed E-state index contributed by atoms with van der Waals surface area (Å²) in [6.45, 7) is 1.56. The van der Waals surface area contributed by atoms with Gasteiger partial charge in [0, 0.05) is 0 Å². The maximum atomic E-state index is 9.17. The Labute approximate surface area is 64.4 Å². The van der Waals surface area contributed by atoms with E-state index in [0.29, 0.717) is 0 Å². The van der Waals surface area contributed by atoms with Gasteiger partial charge in [-0.1, -0.05) is 0 Å². The molecule has 11 heavy (non-hydrogen) atoms. The summed E-state index contributed by atoms with van der Waals surface area (Å²) in [6.07, 6.45) is -3.91. The van der Waals surface area contributed by atoms with Gasteiger partial charge in [0.25, 0.3) is 0 Å². The van der Waals surface area contributed by atoms with E-state index in [2.05, 4.69) is 0 Å². The van der Waals surface area contributed by atoms with Crippen molar-refractivity contribution in [2.24, 2.45) is 5.73 Å². The molecule has 5 heteroatoms. The lowest BCUT2D eigenvalue weighted by Gasteiger charge is -2.37. The van der Waals surface area contributed by atoms with Crippen LogP contribution in [0.4, 0.5) is 0 Å². The van der Waals surface area contributed by atoms with Gasteiger partial charge in [-0.2, -0.15) is 0 Å². The third-order valence-electron chi connectivity index (χ3n) is 1.91. The Hall–Kier alpha value is -0.200. The van der Waals surface area contributed by atoms with E-state index in [1.54, 1.807) is 6.92 Å². The number of nitrogens with two attached hydrogens (primary N) is 1. The first kappa shape index (κ1) is 8.89. The van der Waals surface area contributed by atoms with E-state index in [1.807, 2.05) is 0 Å². The van der Waals surface area contributed by atoms with Crippen molar-refractivity contribution >= 4 is 0 Å². The molecule has 1 heterocycles. The summed E-state index contributed by atoms with van der Waals surface area (Å²) in [5.74, 6) is 0. The van der Waals surface area contributed by atoms with E-state index < -0.39 is 30.6 Å². The van der Waals surface area contributed by atoms with Crippen molar-refractivity contribution in [1.82, 2.24) is 0 Å². The summed E-state index contributed by atoms with van der Waals surface area (Å²) in [5, 5.41) is 27.4. The predicted molar refractivity (Wildman–Crippen MR) is 36.5 cm³/mol. The standard InChI is InChI=1S/C6H13NO4/c1-2-4(8)5(9)3(7)6(10)11-2/h2-6,8-10H,7H2,1H3/t2-,3-,4-,5+,6+/m1/s1. The summed E-state index contributed by atoms with van der Waals surface area (Å²) in [5.41, 5.74) is 5.29. The highest BCUT2D eigenvalue weighted by atomic mass is 16.6. The van der Waals surface area contributed by atoms with E-state index in [0.717, 1.165) is 0 Å². The molecule has 0 aromatic carbocycles. The van der Waals surface area contributed by atoms with Crippen molar-refractivity contribution in [3.63, 3.8) is 0 Å². The SMILES string of the molecule is C[C@H]1O[C@H](O)[C@H](N)[C@H](O)[C@@H]1O. The lowest BCUT2D eigenvalue weighted by molar-refractivity contribution is -0.236. The van der Waals surface area contributed by atoms with Gasteiger partial charge in [-0.05, 0) is 6.92 Å². The van der Waals surface area contributed by atoms with Crippen molar-refractivity contribution in [3.05, 3.63) is 0 Å². The first-order chi connectivity index (χ1) is 5.04. The molecule has 0 aromatic rings. The molecule has 0 aromatic heterocycles. The number of aliphatic hydroxyl groups is 3. The summed E-state index contributed by atoms with van der Waals surface area (Å²) < 4.78 is 4.80. The van der Waals surface area contributed by atoms with Crippen LogP contribution in [0.2, 0.25) is 0 Å². The lowest BCUT2D eigenvalue weighted by atomic mass is 9.99. The van der Waals surface area contributed by atoms with Gasteiger partial charge in [0.05, 0.1) is 12.1 Å². The topological polar surface area (TPSA) is 95.9 Å². The van der Waals surface area contributed by atoms with E-state index in [4.69, 9.17) is 20.7 Å². The minimum absolute atomic E-state index is 0.584. The van der Waals surface area contributed by atoms with Crippen LogP contribution < -0.4 is 5.73 Å². The highest BCUT2D eigenvalue weighted by Gasteiger charge is 2.39. The lowest BCUT2D eigenvalue weighted by Crippen LogP contribution is -2.60. The molecule has 0 aliphatic carbocycles. The quantitative estimate of drug-likeness (QED) is 0.324. The van der Waals surface area contributed by atoms with Crippen LogP contribution >= 0.6 is 0 Å². The highest BCUT2D eigenvalue weighted by molar-refractivity contribution is 4.88. The molecule has 0 unspecified atom stereocenters. The van der Waals surface area contributed by atoms with Gasteiger partial charge >= 0.3 is 0 Å². The molecule has 5 nitrogen and oxygen atoms in total. The average Bonchev–Trinajstić information content (AvgIpc) is 1.97. The Balaban J connectivity index is 2.63. The summed E-state index contributed by atoms with van der Waals surface area (Å²) in [6, 6.07) is -0.929. The molecule has 0 saturated carbocycles. The van der Waals surface area contributed by atoms with Gasteiger partial charge in [0.1, 0.15) is 12.2 Å². The molecule has 5 atom stereocenters. The average molecular weight is 163 g/mol. The van der Waals surface area contributed by atoms with Gasteiger partial charge in [0.15, 0.2) is 6.29 Å². The predicted octanol–water partition coefficient (Wildman–Crippen LogP) is -2.23. The molecule has 0 spiro atoms. The fraction of sp³-hybridized carbons (Fsp3) is 1.00. The van der Waals surface area contributed by atoms with Crippen LogP contribution in [-0.2, 0) is 4.74 Å². The number of hydrogen-bond donors (Lipinski definition) is 4. The maximum absolute atomic E-state index is 9.17. The first-order valence-corrected chi connectivity index (χ1v) is 3.49. The van der Waals surface area contributed by atoms with Gasteiger partial charge < -0.3 is 25.8 Å². The number of aliphatic hydroxyl groups excluding tert-OH is 3. The Bertz CT molecular complexity index is 129. The Morgan fingerprint density at radius 1 is 1.18 bits per heavy atom. The summed E-state index contributed by atoms with van der Waals surface area (Å²) in [4.78, 5) is 0. The zero-order valence-corrected chi connectivity index (χ0v) is 6.21. The van der Waals surface area contributed by atoms with Crippen molar-refractivity contribution < 1.29 is 20.1 Å². The molecular formula is C6H13NO4. The Kier molecular flexibility index (Phi) is 2.46. The van der Waals surface area contributed by atoms with Crippen molar-refractivity contribution in [3.8, 4) is 0 Å². The normalized spacial score (nSPS) is 52.6. The second-order valence-electron chi connectivity index (χ2n) is 2.79. The van der Waals surface area contributed by atoms with E-state index in [1.165, 1.54) is 0 Å². The zero-order chi connectivity index (χ0) is 8.59. The number of rotatable bonds is 0. The molecule has 1 rings (SSSR count). The van der Waals surface area contributed by atoms with E-state index in [-0.39, 0.29) is 0 Å². The van der Waals surface area contributed by atoms with Crippen LogP contribution in [0.15, 0.2) is 0 Å². The molecule has 66 valence electrons. The Morgan fingerprint density at radius 3 is 2.27 bits per heavy atom. The van der Waals surface area contributed by atoms with Gasteiger partial charge in [-0.15, -0.1) is 0 Å². The maximum Gasteiger partial charge on any atom is 0.172 e. The molecule has 0 amide bonds. The molecule has 0 radical (unpaired) electrons. The largest absolute Gasteiger partial charge is 0.388 e. The molecule has 1 saturated heterocycles. The van der Waals surface area contributed by atoms with E-state index in [9.17, 15) is 5.11 Å². The monoisotopic (exact) mass is 163 g/mol. The smallest absolute Gasteiger partial charge is 0.172 e. The van der Waals surface area contributed by atoms with E-state index >= 15 is 0 Å². The molecule has 0 bridgehead atoms. The second kappa shape index (κ2) is 3.04. The van der Waals surface area contributed by atoms with Gasteiger partial charge in [0.2, 0.25) is 0 Å². The third kappa shape index (κ3) is 1.52. The molecule has 5 N–H and O–H groups in total. The molecule has 1 aliphatic rings. The van der Waals surface area contributed by atoms with Crippen LogP contribution in [0, 0.1) is 0 Å². The molecule has 1 aliphatic heterocycles. The first-order valence-electron chi connectivity index (χ1n) is 3.49. The minimum atomic E-state index is -1.19. The fourth-order valence-corrected chi connectivity index (χ4v) is 1.07. The number of hydrogen-bond acceptors (Lipinski definition) is 5. The van der Waals surface area contributed by atoms with Crippen LogP contribution in [0.1, 0.15) is 6.92 Å². The summed E-state index contributed by atoms with van der Waals surface area (Å²) >= 11 is 0. The molecule has 1 fully saturated rings. The zero-order valence-electron chi connectivity index (χ0n) is 6.21. The minimum Gasteiger partial charge on any atom is -0.388 e. The highest BCUT2D eigenvalue weighted by Crippen LogP contribution is 2.17. The molecular weight excluding hydrogens is 150 g/mol. The van der Waals surface area contributed by atoms with Crippen molar-refractivity contribution in [2.45, 2.75) is 37.6 Å². The third-order valence-corrected chi connectivity index (χ3v) is 1.91. The van der Waals surface area contributed by atoms with Crippen molar-refractivity contribution in [2.75, 3.05) is 0 Å². The van der Waals surface area contributed by atoms with Crippen LogP contribution in [0.25, 0.3) is 0 Å².